The van der Waals surface area contributed by atoms with Crippen molar-refractivity contribution in [1.82, 2.24) is 4.72 Å². The predicted octanol–water partition coefficient (Wildman–Crippen LogP) is 4.83. The molecule has 0 saturated heterocycles. The molecule has 2 N–H and O–H groups in total. The second-order valence-corrected chi connectivity index (χ2v) is 15.2. The summed E-state index contributed by atoms with van der Waals surface area (Å²) < 4.78 is 35.5. The van der Waals surface area contributed by atoms with E-state index in [1.54, 1.807) is 12.1 Å². The maximum Gasteiger partial charge on any atom is 0.264 e. The summed E-state index contributed by atoms with van der Waals surface area (Å²) in [6, 6.07) is 11.5. The van der Waals surface area contributed by atoms with Crippen molar-refractivity contribution in [3.05, 3.63) is 58.1 Å². The van der Waals surface area contributed by atoms with E-state index >= 15 is 0 Å². The van der Waals surface area contributed by atoms with E-state index in [1.807, 2.05) is 12.1 Å². The van der Waals surface area contributed by atoms with Gasteiger partial charge in [0.1, 0.15) is 5.75 Å². The highest BCUT2D eigenvalue weighted by Crippen LogP contribution is 2.48. The predicted molar refractivity (Wildman–Crippen MR) is 155 cm³/mol. The van der Waals surface area contributed by atoms with E-state index in [1.165, 1.54) is 11.1 Å². The van der Waals surface area contributed by atoms with Crippen molar-refractivity contribution >= 4 is 33.2 Å². The number of aliphatic hydroxyl groups excluding tert-OH is 1. The van der Waals surface area contributed by atoms with Crippen LogP contribution in [0.15, 0.2) is 36.4 Å². The van der Waals surface area contributed by atoms with Crippen LogP contribution in [0.1, 0.15) is 72.9 Å². The maximum atomic E-state index is 13.3. The van der Waals surface area contributed by atoms with Crippen molar-refractivity contribution < 1.29 is 23.1 Å². The minimum absolute atomic E-state index is 0.0664. The van der Waals surface area contributed by atoms with Crippen LogP contribution in [0.5, 0.6) is 5.75 Å². The molecular weight excluding hydrogens is 548 g/mol. The van der Waals surface area contributed by atoms with Gasteiger partial charge < -0.3 is 14.7 Å². The van der Waals surface area contributed by atoms with E-state index in [2.05, 4.69) is 21.8 Å². The molecule has 0 radical (unpaired) electrons. The van der Waals surface area contributed by atoms with Crippen molar-refractivity contribution in [3.8, 4) is 5.75 Å². The quantitative estimate of drug-likeness (QED) is 0.460. The molecule has 0 aromatic heterocycles. The number of carbonyl (C=O) groups excluding carboxylic acids is 1. The lowest BCUT2D eigenvalue weighted by Gasteiger charge is -2.47. The molecule has 3 aliphatic carbocycles. The number of amides is 1. The number of nitrogens with one attached hydrogen (secondary N) is 1. The Hall–Kier alpha value is -2.29. The summed E-state index contributed by atoms with van der Waals surface area (Å²) in [5.41, 5.74) is 3.45. The topological polar surface area (TPSA) is 95.9 Å². The number of carbonyl (C=O) groups is 1. The van der Waals surface area contributed by atoms with Crippen molar-refractivity contribution in [2.75, 3.05) is 24.6 Å². The van der Waals surface area contributed by atoms with E-state index in [9.17, 15) is 18.3 Å². The van der Waals surface area contributed by atoms with Crippen LogP contribution in [0.2, 0.25) is 5.02 Å². The molecule has 214 valence electrons. The van der Waals surface area contributed by atoms with E-state index in [4.69, 9.17) is 16.3 Å². The molecule has 1 unspecified atom stereocenters. The number of ether oxygens (including phenoxy) is 1. The first kappa shape index (κ1) is 26.6. The number of rotatable bonds is 0. The van der Waals surface area contributed by atoms with Crippen LogP contribution < -0.4 is 14.4 Å². The van der Waals surface area contributed by atoms with E-state index in [0.29, 0.717) is 36.7 Å². The Morgan fingerprint density at radius 3 is 2.75 bits per heavy atom. The van der Waals surface area contributed by atoms with Gasteiger partial charge in [-0.05, 0) is 111 Å². The van der Waals surface area contributed by atoms with Crippen molar-refractivity contribution in [3.63, 3.8) is 0 Å². The summed E-state index contributed by atoms with van der Waals surface area (Å²) in [4.78, 5) is 15.7. The highest BCUT2D eigenvalue weighted by atomic mass is 35.5. The zero-order valence-corrected chi connectivity index (χ0v) is 24.2. The lowest BCUT2D eigenvalue weighted by atomic mass is 9.65. The van der Waals surface area contributed by atoms with Gasteiger partial charge in [0.05, 0.1) is 23.6 Å². The smallest absolute Gasteiger partial charge is 0.264 e. The van der Waals surface area contributed by atoms with Gasteiger partial charge in [0.15, 0.2) is 0 Å². The molecule has 7 nitrogen and oxygen atoms in total. The molecule has 2 aromatic rings. The number of fused-ring (bicyclic) bond motifs is 6. The summed E-state index contributed by atoms with van der Waals surface area (Å²) in [7, 11) is -3.87. The van der Waals surface area contributed by atoms with Gasteiger partial charge in [0.2, 0.25) is 10.0 Å². The van der Waals surface area contributed by atoms with Crippen LogP contribution in [-0.2, 0) is 21.9 Å². The highest BCUT2D eigenvalue weighted by molar-refractivity contribution is 7.90. The second kappa shape index (κ2) is 9.92. The third kappa shape index (κ3) is 4.51. The third-order valence-electron chi connectivity index (χ3n) is 10.5. The van der Waals surface area contributed by atoms with Gasteiger partial charge in [-0.15, -0.1) is 0 Å². The monoisotopic (exact) mass is 584 g/mol. The number of benzene rings is 2. The Morgan fingerprint density at radius 1 is 1.05 bits per heavy atom. The Kier molecular flexibility index (Phi) is 6.59. The average molecular weight is 585 g/mol. The molecule has 1 spiro atoms. The van der Waals surface area contributed by atoms with E-state index < -0.39 is 27.3 Å². The second-order valence-electron chi connectivity index (χ2n) is 12.8. The molecule has 1 amide bonds. The van der Waals surface area contributed by atoms with Crippen LogP contribution in [0, 0.1) is 17.8 Å². The summed E-state index contributed by atoms with van der Waals surface area (Å²) >= 11 is 6.38. The Balaban J connectivity index is 1.32. The summed E-state index contributed by atoms with van der Waals surface area (Å²) in [5.74, 6) is 0.471. The zero-order chi connectivity index (χ0) is 27.6. The number of nitrogens with zero attached hydrogens (tertiary/aromatic N) is 1. The van der Waals surface area contributed by atoms with Gasteiger partial charge in [-0.1, -0.05) is 24.1 Å². The minimum atomic E-state index is -3.87. The van der Waals surface area contributed by atoms with E-state index in [-0.39, 0.29) is 17.3 Å². The number of aliphatic hydroxyl groups is 1. The normalized spacial score (nSPS) is 34.7. The van der Waals surface area contributed by atoms with E-state index in [0.717, 1.165) is 68.7 Å². The van der Waals surface area contributed by atoms with Crippen LogP contribution in [0.25, 0.3) is 0 Å². The summed E-state index contributed by atoms with van der Waals surface area (Å²) in [5, 5.41) is 11.6. The fraction of sp³-hybridized carbons (Fsp3) is 0.581. The molecule has 40 heavy (non-hydrogen) atoms. The lowest BCUT2D eigenvalue weighted by molar-refractivity contribution is -0.0314. The van der Waals surface area contributed by atoms with Crippen molar-refractivity contribution in [2.24, 2.45) is 17.8 Å². The largest absolute Gasteiger partial charge is 0.490 e. The number of anilines is 1. The Labute approximate surface area is 241 Å². The van der Waals surface area contributed by atoms with Gasteiger partial charge in [0.25, 0.3) is 5.91 Å². The van der Waals surface area contributed by atoms with Crippen LogP contribution in [0.4, 0.5) is 5.69 Å². The van der Waals surface area contributed by atoms with Crippen LogP contribution in [0.3, 0.4) is 0 Å². The summed E-state index contributed by atoms with van der Waals surface area (Å²) in [6.45, 7) is 2.01. The fourth-order valence-electron chi connectivity index (χ4n) is 8.20. The van der Waals surface area contributed by atoms with Crippen LogP contribution in [-0.4, -0.2) is 50.5 Å². The number of aryl methyl sites for hydroxylation is 1. The molecule has 2 saturated carbocycles. The first-order chi connectivity index (χ1) is 19.2. The fourth-order valence-corrected chi connectivity index (χ4v) is 9.92. The molecule has 2 heterocycles. The molecule has 7 rings (SSSR count). The average Bonchev–Trinajstić information content (AvgIpc) is 3.07. The molecule has 9 heteroatoms. The zero-order valence-electron chi connectivity index (χ0n) is 22.6. The van der Waals surface area contributed by atoms with Gasteiger partial charge in [0, 0.05) is 29.1 Å². The molecular formula is C31H37ClN2O5S. The SMILES string of the molecule is O=C1NS(=O)(=O)[C@@H]2CCCC(C2)[C@H](O)[C@@H]2CC[C@H]2CN2C[C@@]3(CCCc4cc(Cl)ccc43)COc3ccc1cc32. The first-order valence-electron chi connectivity index (χ1n) is 14.8. The van der Waals surface area contributed by atoms with Crippen molar-refractivity contribution in [2.45, 2.75) is 74.6 Å². The molecule has 4 bridgehead atoms. The molecule has 6 atom stereocenters. The number of hydrogen-bond acceptors (Lipinski definition) is 6. The Bertz CT molecular complexity index is 1450. The van der Waals surface area contributed by atoms with Gasteiger partial charge in [-0.3, -0.25) is 4.79 Å². The molecule has 5 aliphatic rings. The Morgan fingerprint density at radius 2 is 1.93 bits per heavy atom. The molecule has 2 aliphatic heterocycles. The first-order valence-corrected chi connectivity index (χ1v) is 16.7. The standard InChI is InChI=1S/C31H37ClN2O5S/c32-23-8-10-26-19(13-23)4-2-12-31(26)17-34-16-22-6-9-25(22)29(35)20-3-1-5-24(14-20)40(37,38)33-30(36)21-7-11-28(39-18-31)27(34)15-21/h7-8,10-11,13,15,20,22,24-25,29,35H,1-6,9,12,14,16-18H2,(H,33,36)/t20?,22-,24+,25+,29-,31-/m0/s1. The third-order valence-corrected chi connectivity index (χ3v) is 12.5. The van der Waals surface area contributed by atoms with Gasteiger partial charge in [-0.2, -0.15) is 0 Å². The van der Waals surface area contributed by atoms with Crippen molar-refractivity contribution in [1.29, 1.82) is 0 Å². The van der Waals surface area contributed by atoms with Gasteiger partial charge in [-0.25, -0.2) is 13.1 Å². The number of sulfonamides is 1. The summed E-state index contributed by atoms with van der Waals surface area (Å²) in [6.07, 6.45) is 6.96. The maximum absolute atomic E-state index is 13.3. The minimum Gasteiger partial charge on any atom is -0.490 e. The number of halogens is 1. The number of hydrogen-bond donors (Lipinski definition) is 2. The van der Waals surface area contributed by atoms with Gasteiger partial charge >= 0.3 is 0 Å². The molecule has 2 fully saturated rings. The van der Waals surface area contributed by atoms with Crippen LogP contribution >= 0.6 is 11.6 Å². The molecule has 2 aromatic carbocycles. The highest BCUT2D eigenvalue weighted by Gasteiger charge is 2.46. The lowest BCUT2D eigenvalue weighted by Crippen LogP contribution is -2.51.